The topological polar surface area (TPSA) is 47.6 Å². The van der Waals surface area contributed by atoms with Crippen LogP contribution >= 0.6 is 11.8 Å². The normalized spacial score (nSPS) is 14.2. The molecular formula is C19H29NO3S. The Bertz CT molecular complexity index is 521. The van der Waals surface area contributed by atoms with Gasteiger partial charge in [0.15, 0.2) is 5.75 Å². The molecule has 0 spiro atoms. The van der Waals surface area contributed by atoms with Crippen LogP contribution in [0, 0.1) is 5.92 Å². The minimum atomic E-state index is -0.0960. The maximum atomic E-state index is 11.9. The van der Waals surface area contributed by atoms with Crippen LogP contribution in [0.3, 0.4) is 0 Å². The molecule has 0 saturated carbocycles. The van der Waals surface area contributed by atoms with E-state index in [-0.39, 0.29) is 5.97 Å². The van der Waals surface area contributed by atoms with Crippen LogP contribution < -0.4 is 10.1 Å². The van der Waals surface area contributed by atoms with Gasteiger partial charge in [0.1, 0.15) is 6.61 Å². The third kappa shape index (κ3) is 5.93. The summed E-state index contributed by atoms with van der Waals surface area (Å²) in [6, 6.07) is 6.08. The number of ether oxygens (including phenoxy) is 2. The summed E-state index contributed by atoms with van der Waals surface area (Å²) in [6.07, 6.45) is 5.06. The summed E-state index contributed by atoms with van der Waals surface area (Å²) in [4.78, 5) is 13.0. The number of esters is 1. The Kier molecular flexibility index (Phi) is 8.29. The van der Waals surface area contributed by atoms with Crippen molar-refractivity contribution in [2.75, 3.05) is 30.8 Å². The van der Waals surface area contributed by atoms with Crippen molar-refractivity contribution in [3.8, 4) is 5.75 Å². The molecule has 134 valence electrons. The van der Waals surface area contributed by atoms with Gasteiger partial charge in [-0.2, -0.15) is 0 Å². The quantitative estimate of drug-likeness (QED) is 0.488. The Morgan fingerprint density at radius 2 is 2.29 bits per heavy atom. The van der Waals surface area contributed by atoms with Crippen LogP contribution in [0.5, 0.6) is 5.75 Å². The Morgan fingerprint density at radius 3 is 3.08 bits per heavy atom. The fraction of sp³-hybridized carbons (Fsp3) is 0.632. The highest BCUT2D eigenvalue weighted by atomic mass is 32.2. The molecular weight excluding hydrogens is 322 g/mol. The van der Waals surface area contributed by atoms with Crippen molar-refractivity contribution >= 4 is 23.4 Å². The maximum Gasteiger partial charge on any atom is 0.306 e. The molecule has 0 aromatic heterocycles. The van der Waals surface area contributed by atoms with Gasteiger partial charge in [-0.25, -0.2) is 0 Å². The summed E-state index contributed by atoms with van der Waals surface area (Å²) in [5.41, 5.74) is 1.04. The third-order valence-electron chi connectivity index (χ3n) is 4.23. The zero-order valence-electron chi connectivity index (χ0n) is 14.8. The predicted molar refractivity (Wildman–Crippen MR) is 100 cm³/mol. The minimum absolute atomic E-state index is 0.0960. The van der Waals surface area contributed by atoms with E-state index in [2.05, 4.69) is 19.2 Å². The lowest BCUT2D eigenvalue weighted by Crippen LogP contribution is -2.18. The number of benzene rings is 1. The molecule has 1 N–H and O–H groups in total. The molecule has 1 aliphatic heterocycles. The lowest BCUT2D eigenvalue weighted by molar-refractivity contribution is -0.144. The number of thioether (sulfide) groups is 1. The highest BCUT2D eigenvalue weighted by Gasteiger charge is 2.15. The molecule has 2 rings (SSSR count). The van der Waals surface area contributed by atoms with Gasteiger partial charge in [0.25, 0.3) is 0 Å². The minimum Gasteiger partial charge on any atom is -0.488 e. The van der Waals surface area contributed by atoms with Crippen LogP contribution in [0.4, 0.5) is 5.69 Å². The summed E-state index contributed by atoms with van der Waals surface area (Å²) < 4.78 is 11.2. The van der Waals surface area contributed by atoms with Gasteiger partial charge in [-0.1, -0.05) is 39.2 Å². The number of hydrogen-bond acceptors (Lipinski definition) is 5. The Morgan fingerprint density at radius 1 is 1.42 bits per heavy atom. The van der Waals surface area contributed by atoms with Crippen LogP contribution in [-0.2, 0) is 9.53 Å². The van der Waals surface area contributed by atoms with E-state index in [1.807, 2.05) is 18.2 Å². The first kappa shape index (κ1) is 19.0. The SMILES string of the molecule is CCCCC(CC)COC(=O)CCSc1cccc2c1OCCN2. The molecule has 4 nitrogen and oxygen atoms in total. The molecule has 1 aromatic rings. The van der Waals surface area contributed by atoms with Crippen LogP contribution in [-0.4, -0.2) is 31.5 Å². The average molecular weight is 352 g/mol. The highest BCUT2D eigenvalue weighted by Crippen LogP contribution is 2.37. The summed E-state index contributed by atoms with van der Waals surface area (Å²) >= 11 is 1.65. The molecule has 0 saturated heterocycles. The summed E-state index contributed by atoms with van der Waals surface area (Å²) in [5, 5.41) is 3.33. The fourth-order valence-corrected chi connectivity index (χ4v) is 3.65. The van der Waals surface area contributed by atoms with Crippen molar-refractivity contribution < 1.29 is 14.3 Å². The van der Waals surface area contributed by atoms with E-state index in [0.717, 1.165) is 35.7 Å². The first-order valence-corrected chi connectivity index (χ1v) is 10.0. The number of nitrogens with one attached hydrogen (secondary N) is 1. The second-order valence-electron chi connectivity index (χ2n) is 6.11. The second kappa shape index (κ2) is 10.5. The maximum absolute atomic E-state index is 11.9. The van der Waals surface area contributed by atoms with Crippen LogP contribution in [0.2, 0.25) is 0 Å². The summed E-state index contributed by atoms with van der Waals surface area (Å²) in [7, 11) is 0. The van der Waals surface area contributed by atoms with Gasteiger partial charge < -0.3 is 14.8 Å². The number of rotatable bonds is 10. The molecule has 0 radical (unpaired) electrons. The van der Waals surface area contributed by atoms with Gasteiger partial charge >= 0.3 is 5.97 Å². The van der Waals surface area contributed by atoms with Gasteiger partial charge in [0, 0.05) is 12.3 Å². The molecule has 0 aliphatic carbocycles. The lowest BCUT2D eigenvalue weighted by atomic mass is 10.0. The van der Waals surface area contributed by atoms with Crippen molar-refractivity contribution in [2.24, 2.45) is 5.92 Å². The van der Waals surface area contributed by atoms with E-state index < -0.39 is 0 Å². The molecule has 1 atom stereocenters. The van der Waals surface area contributed by atoms with Crippen LogP contribution in [0.15, 0.2) is 23.1 Å². The number of unbranched alkanes of at least 4 members (excludes halogenated alkanes) is 1. The molecule has 1 unspecified atom stereocenters. The Hall–Kier alpha value is -1.36. The number of fused-ring (bicyclic) bond motifs is 1. The largest absolute Gasteiger partial charge is 0.488 e. The fourth-order valence-electron chi connectivity index (χ4n) is 2.68. The zero-order chi connectivity index (χ0) is 17.2. The number of carbonyl (C=O) groups is 1. The van der Waals surface area contributed by atoms with Gasteiger partial charge in [-0.15, -0.1) is 11.8 Å². The molecule has 0 fully saturated rings. The van der Waals surface area contributed by atoms with Crippen LogP contribution in [0.25, 0.3) is 0 Å². The molecule has 1 aliphatic rings. The predicted octanol–water partition coefficient (Wildman–Crippen LogP) is 4.73. The van der Waals surface area contributed by atoms with Crippen molar-refractivity contribution in [2.45, 2.75) is 50.8 Å². The van der Waals surface area contributed by atoms with Gasteiger partial charge in [0.2, 0.25) is 0 Å². The lowest BCUT2D eigenvalue weighted by Gasteiger charge is -2.21. The molecule has 24 heavy (non-hydrogen) atoms. The first-order chi connectivity index (χ1) is 11.7. The van der Waals surface area contributed by atoms with Crippen molar-refractivity contribution in [1.29, 1.82) is 0 Å². The Balaban J connectivity index is 1.71. The first-order valence-electron chi connectivity index (χ1n) is 9.02. The molecule has 0 amide bonds. The van der Waals surface area contributed by atoms with E-state index in [1.165, 1.54) is 12.8 Å². The standard InChI is InChI=1S/C19H29NO3S/c1-3-5-7-15(4-2)14-23-18(21)10-13-24-17-9-6-8-16-19(17)22-12-11-20-16/h6,8-9,15,20H,3-5,7,10-14H2,1-2H3. The Labute approximate surface area is 149 Å². The van der Waals surface area contributed by atoms with E-state index in [1.54, 1.807) is 11.8 Å². The summed E-state index contributed by atoms with van der Waals surface area (Å²) in [6.45, 7) is 6.44. The van der Waals surface area contributed by atoms with Crippen molar-refractivity contribution in [3.63, 3.8) is 0 Å². The second-order valence-corrected chi connectivity index (χ2v) is 7.24. The van der Waals surface area contributed by atoms with E-state index >= 15 is 0 Å². The molecule has 1 heterocycles. The van der Waals surface area contributed by atoms with E-state index in [4.69, 9.17) is 9.47 Å². The van der Waals surface area contributed by atoms with Gasteiger partial charge in [0.05, 0.1) is 23.6 Å². The van der Waals surface area contributed by atoms with Crippen LogP contribution in [0.1, 0.15) is 46.0 Å². The number of para-hydroxylation sites is 1. The van der Waals surface area contributed by atoms with Gasteiger partial charge in [-0.3, -0.25) is 4.79 Å². The molecule has 0 bridgehead atoms. The average Bonchev–Trinajstić information content (AvgIpc) is 2.62. The van der Waals surface area contributed by atoms with Crippen molar-refractivity contribution in [1.82, 2.24) is 0 Å². The number of anilines is 1. The van der Waals surface area contributed by atoms with Crippen molar-refractivity contribution in [3.05, 3.63) is 18.2 Å². The number of hydrogen-bond donors (Lipinski definition) is 1. The third-order valence-corrected chi connectivity index (χ3v) is 5.27. The number of carbonyl (C=O) groups excluding carboxylic acids is 1. The molecule has 1 aromatic carbocycles. The monoisotopic (exact) mass is 351 g/mol. The molecule has 5 heteroatoms. The zero-order valence-corrected chi connectivity index (χ0v) is 15.6. The van der Waals surface area contributed by atoms with Gasteiger partial charge in [-0.05, 0) is 24.5 Å². The summed E-state index contributed by atoms with van der Waals surface area (Å²) in [5.74, 6) is 2.03. The highest BCUT2D eigenvalue weighted by molar-refractivity contribution is 7.99. The van der Waals surface area contributed by atoms with E-state index in [0.29, 0.717) is 31.3 Å². The smallest absolute Gasteiger partial charge is 0.306 e. The van der Waals surface area contributed by atoms with E-state index in [9.17, 15) is 4.79 Å².